The van der Waals surface area contributed by atoms with Crippen molar-refractivity contribution in [3.05, 3.63) is 48.4 Å². The monoisotopic (exact) mass is 389 g/mol. The van der Waals surface area contributed by atoms with Gasteiger partial charge in [-0.05, 0) is 30.7 Å². The minimum atomic E-state index is -3.02. The molecule has 0 amide bonds. The fourth-order valence-corrected chi connectivity index (χ4v) is 3.39. The molecule has 140 valence electrons. The van der Waals surface area contributed by atoms with E-state index in [4.69, 9.17) is 9.15 Å². The highest BCUT2D eigenvalue weighted by molar-refractivity contribution is 7.90. The Morgan fingerprint density at radius 1 is 1.26 bits per heavy atom. The van der Waals surface area contributed by atoms with E-state index in [2.05, 4.69) is 10.1 Å². The van der Waals surface area contributed by atoms with E-state index in [1.807, 2.05) is 0 Å². The Bertz CT molecular complexity index is 1230. The Hall–Kier alpha value is -2.94. The van der Waals surface area contributed by atoms with Crippen molar-refractivity contribution in [2.24, 2.45) is 0 Å². The molecule has 3 heterocycles. The van der Waals surface area contributed by atoms with Gasteiger partial charge in [-0.2, -0.15) is 0 Å². The van der Waals surface area contributed by atoms with Crippen LogP contribution in [0.15, 0.2) is 47.0 Å². The molecule has 0 bridgehead atoms. The van der Waals surface area contributed by atoms with Gasteiger partial charge in [0, 0.05) is 12.3 Å². The number of imidazole rings is 1. The van der Waals surface area contributed by atoms with Gasteiger partial charge in [-0.25, -0.2) is 22.3 Å². The minimum Gasteiger partial charge on any atom is -0.477 e. The molecule has 0 fully saturated rings. The van der Waals surface area contributed by atoms with Crippen molar-refractivity contribution in [1.29, 1.82) is 0 Å². The van der Waals surface area contributed by atoms with Crippen molar-refractivity contribution < 1.29 is 22.0 Å². The maximum Gasteiger partial charge on any atom is 0.231 e. The van der Waals surface area contributed by atoms with E-state index in [1.54, 1.807) is 41.0 Å². The highest BCUT2D eigenvalue weighted by Gasteiger charge is 2.15. The lowest BCUT2D eigenvalue weighted by Gasteiger charge is -2.05. The Kier molecular flexibility index (Phi) is 4.31. The number of rotatable bonds is 6. The van der Waals surface area contributed by atoms with Crippen LogP contribution in [0, 0.1) is 5.82 Å². The Morgan fingerprint density at radius 3 is 2.89 bits per heavy atom. The number of furan rings is 1. The van der Waals surface area contributed by atoms with Gasteiger partial charge in [-0.3, -0.25) is 0 Å². The van der Waals surface area contributed by atoms with E-state index in [1.165, 1.54) is 12.3 Å². The summed E-state index contributed by atoms with van der Waals surface area (Å²) in [5.74, 6) is 0.455. The SMILES string of the molecule is CS(=O)(=O)CCCOc1ccc2ncc(-c3cc4c(F)cccc4o3)n2n1. The van der Waals surface area contributed by atoms with E-state index in [9.17, 15) is 12.8 Å². The van der Waals surface area contributed by atoms with Gasteiger partial charge in [0.2, 0.25) is 5.88 Å². The molecule has 0 saturated carbocycles. The second kappa shape index (κ2) is 6.66. The third-order valence-corrected chi connectivity index (χ3v) is 5.04. The highest BCUT2D eigenvalue weighted by atomic mass is 32.2. The van der Waals surface area contributed by atoms with Gasteiger partial charge >= 0.3 is 0 Å². The van der Waals surface area contributed by atoms with Crippen molar-refractivity contribution in [2.45, 2.75) is 6.42 Å². The van der Waals surface area contributed by atoms with Gasteiger partial charge in [0.15, 0.2) is 11.4 Å². The molecule has 0 aliphatic heterocycles. The Morgan fingerprint density at radius 2 is 2.11 bits per heavy atom. The van der Waals surface area contributed by atoms with Crippen LogP contribution in [0.3, 0.4) is 0 Å². The van der Waals surface area contributed by atoms with E-state index < -0.39 is 9.84 Å². The first-order valence-corrected chi connectivity index (χ1v) is 10.3. The number of hydrogen-bond donors (Lipinski definition) is 0. The Labute approximate surface area is 154 Å². The van der Waals surface area contributed by atoms with Crippen LogP contribution in [-0.4, -0.2) is 41.6 Å². The fourth-order valence-electron chi connectivity index (χ4n) is 2.75. The van der Waals surface area contributed by atoms with Gasteiger partial charge in [-0.1, -0.05) is 6.07 Å². The number of nitrogens with zero attached hydrogens (tertiary/aromatic N) is 3. The van der Waals surface area contributed by atoms with Gasteiger partial charge in [-0.15, -0.1) is 5.10 Å². The second-order valence-electron chi connectivity index (χ2n) is 6.18. The largest absolute Gasteiger partial charge is 0.477 e. The number of halogens is 1. The molecule has 9 heteroatoms. The van der Waals surface area contributed by atoms with Crippen molar-refractivity contribution in [1.82, 2.24) is 14.6 Å². The molecule has 0 radical (unpaired) electrons. The van der Waals surface area contributed by atoms with Crippen LogP contribution in [0.4, 0.5) is 4.39 Å². The van der Waals surface area contributed by atoms with Crippen LogP contribution >= 0.6 is 0 Å². The van der Waals surface area contributed by atoms with E-state index in [-0.39, 0.29) is 18.2 Å². The lowest BCUT2D eigenvalue weighted by atomic mass is 10.2. The van der Waals surface area contributed by atoms with Gasteiger partial charge in [0.1, 0.15) is 26.9 Å². The quantitative estimate of drug-likeness (QED) is 0.471. The molecule has 0 aliphatic carbocycles. The van der Waals surface area contributed by atoms with E-state index >= 15 is 0 Å². The zero-order valence-corrected chi connectivity index (χ0v) is 15.2. The molecule has 3 aromatic heterocycles. The van der Waals surface area contributed by atoms with Crippen LogP contribution in [-0.2, 0) is 9.84 Å². The molecule has 0 N–H and O–H groups in total. The lowest BCUT2D eigenvalue weighted by molar-refractivity contribution is 0.301. The number of ether oxygens (including phenoxy) is 1. The zero-order chi connectivity index (χ0) is 19.0. The third-order valence-electron chi connectivity index (χ3n) is 4.01. The fraction of sp³-hybridized carbons (Fsp3) is 0.222. The third kappa shape index (κ3) is 3.63. The van der Waals surface area contributed by atoms with Crippen molar-refractivity contribution in [3.8, 4) is 17.3 Å². The number of benzene rings is 1. The average molecular weight is 389 g/mol. The van der Waals surface area contributed by atoms with E-state index in [0.29, 0.717) is 40.4 Å². The highest BCUT2D eigenvalue weighted by Crippen LogP contribution is 2.29. The summed E-state index contributed by atoms with van der Waals surface area (Å²) in [6.07, 6.45) is 3.15. The molecule has 27 heavy (non-hydrogen) atoms. The molecule has 4 aromatic rings. The van der Waals surface area contributed by atoms with Crippen LogP contribution < -0.4 is 4.74 Å². The van der Waals surface area contributed by atoms with Crippen LogP contribution in [0.5, 0.6) is 5.88 Å². The molecule has 0 unspecified atom stereocenters. The second-order valence-corrected chi connectivity index (χ2v) is 8.44. The molecule has 1 aromatic carbocycles. The summed E-state index contributed by atoms with van der Waals surface area (Å²) < 4.78 is 49.0. The number of sulfone groups is 1. The maximum absolute atomic E-state index is 13.9. The van der Waals surface area contributed by atoms with Crippen molar-refractivity contribution in [2.75, 3.05) is 18.6 Å². The normalized spacial score (nSPS) is 12.1. The molecular weight excluding hydrogens is 373 g/mol. The summed E-state index contributed by atoms with van der Waals surface area (Å²) in [5, 5.41) is 4.75. The summed E-state index contributed by atoms with van der Waals surface area (Å²) >= 11 is 0. The summed E-state index contributed by atoms with van der Waals surface area (Å²) in [7, 11) is -3.02. The number of aromatic nitrogens is 3. The van der Waals surface area contributed by atoms with Crippen molar-refractivity contribution >= 4 is 26.5 Å². The Balaban J connectivity index is 1.62. The van der Waals surface area contributed by atoms with Crippen LogP contribution in [0.2, 0.25) is 0 Å². The summed E-state index contributed by atoms with van der Waals surface area (Å²) in [6, 6.07) is 9.64. The molecule has 0 saturated heterocycles. The predicted molar refractivity (Wildman–Crippen MR) is 98.0 cm³/mol. The topological polar surface area (TPSA) is 86.7 Å². The number of hydrogen-bond acceptors (Lipinski definition) is 6. The summed E-state index contributed by atoms with van der Waals surface area (Å²) in [6.45, 7) is 0.228. The minimum absolute atomic E-state index is 0.0517. The van der Waals surface area contributed by atoms with Gasteiger partial charge < -0.3 is 9.15 Å². The molecule has 4 rings (SSSR count). The molecule has 0 atom stereocenters. The zero-order valence-electron chi connectivity index (χ0n) is 14.4. The predicted octanol–water partition coefficient (Wildman–Crippen LogP) is 3.10. The summed E-state index contributed by atoms with van der Waals surface area (Å²) in [4.78, 5) is 4.27. The standard InChI is InChI=1S/C18H16FN3O4S/c1-27(23,24)9-3-8-25-18-7-6-17-20-11-14(22(17)21-18)16-10-12-13(19)4-2-5-15(12)26-16/h2,4-7,10-11H,3,8-9H2,1H3. The lowest BCUT2D eigenvalue weighted by Crippen LogP contribution is -2.09. The van der Waals surface area contributed by atoms with Crippen LogP contribution in [0.1, 0.15) is 6.42 Å². The summed E-state index contributed by atoms with van der Waals surface area (Å²) in [5.41, 5.74) is 1.57. The number of fused-ring (bicyclic) bond motifs is 2. The van der Waals surface area contributed by atoms with Crippen LogP contribution in [0.25, 0.3) is 28.1 Å². The average Bonchev–Trinajstić information content (AvgIpc) is 3.22. The molecular formula is C18H16FN3O4S. The van der Waals surface area contributed by atoms with Gasteiger partial charge in [0.25, 0.3) is 0 Å². The first-order valence-electron chi connectivity index (χ1n) is 8.24. The van der Waals surface area contributed by atoms with Gasteiger partial charge in [0.05, 0.1) is 23.9 Å². The first-order chi connectivity index (χ1) is 12.9. The van der Waals surface area contributed by atoms with Crippen molar-refractivity contribution in [3.63, 3.8) is 0 Å². The molecule has 0 aliphatic rings. The molecule has 0 spiro atoms. The van der Waals surface area contributed by atoms with E-state index in [0.717, 1.165) is 0 Å². The maximum atomic E-state index is 13.9. The molecule has 7 nitrogen and oxygen atoms in total. The smallest absolute Gasteiger partial charge is 0.231 e. The first kappa shape index (κ1) is 17.5.